The standard InChI is InChI=1S/C9H21NO5/c1-2-3-10-4-6(12)8(14)9(15)7(13)5-11/h6-15H,2-5H2,1H3/t6-,7+,8+,9-/m0/s1. The molecular weight excluding hydrogens is 202 g/mol. The van der Waals surface area contributed by atoms with Gasteiger partial charge >= 0.3 is 0 Å². The molecule has 92 valence electrons. The van der Waals surface area contributed by atoms with Crippen molar-refractivity contribution in [3.05, 3.63) is 0 Å². The van der Waals surface area contributed by atoms with Crippen LogP contribution in [0.2, 0.25) is 0 Å². The SMILES string of the molecule is CCCNC[C@H](O)[C@@H](O)[C@@H](O)[C@H](O)CO. The van der Waals surface area contributed by atoms with Crippen molar-refractivity contribution in [2.24, 2.45) is 0 Å². The predicted octanol–water partition coefficient (Wildman–Crippen LogP) is -2.58. The van der Waals surface area contributed by atoms with E-state index in [1.807, 2.05) is 6.92 Å². The van der Waals surface area contributed by atoms with Crippen molar-refractivity contribution in [2.75, 3.05) is 19.7 Å². The lowest BCUT2D eigenvalue weighted by Crippen LogP contribution is -2.49. The van der Waals surface area contributed by atoms with Gasteiger partial charge in [-0.25, -0.2) is 0 Å². The van der Waals surface area contributed by atoms with Gasteiger partial charge in [-0.05, 0) is 13.0 Å². The summed E-state index contributed by atoms with van der Waals surface area (Å²) in [4.78, 5) is 0. The Labute approximate surface area is 89.2 Å². The highest BCUT2D eigenvalue weighted by molar-refractivity contribution is 4.81. The second kappa shape index (κ2) is 7.98. The van der Waals surface area contributed by atoms with Crippen LogP contribution in [0.5, 0.6) is 0 Å². The molecule has 0 rings (SSSR count). The number of nitrogens with one attached hydrogen (secondary N) is 1. The number of aliphatic hydroxyl groups excluding tert-OH is 5. The molecule has 0 radical (unpaired) electrons. The lowest BCUT2D eigenvalue weighted by molar-refractivity contribution is -0.113. The van der Waals surface area contributed by atoms with Gasteiger partial charge in [-0.2, -0.15) is 0 Å². The molecule has 15 heavy (non-hydrogen) atoms. The maximum absolute atomic E-state index is 9.39. The third kappa shape index (κ3) is 5.41. The van der Waals surface area contributed by atoms with Gasteiger partial charge in [-0.3, -0.25) is 0 Å². The third-order valence-corrected chi connectivity index (χ3v) is 2.11. The van der Waals surface area contributed by atoms with E-state index in [1.54, 1.807) is 0 Å². The van der Waals surface area contributed by atoms with Gasteiger partial charge in [-0.1, -0.05) is 6.92 Å². The molecule has 0 aliphatic rings. The summed E-state index contributed by atoms with van der Waals surface area (Å²) in [6, 6.07) is 0. The molecule has 0 aliphatic carbocycles. The minimum atomic E-state index is -1.55. The molecule has 0 saturated heterocycles. The van der Waals surface area contributed by atoms with E-state index >= 15 is 0 Å². The van der Waals surface area contributed by atoms with Crippen molar-refractivity contribution in [2.45, 2.75) is 37.8 Å². The van der Waals surface area contributed by atoms with Crippen molar-refractivity contribution < 1.29 is 25.5 Å². The van der Waals surface area contributed by atoms with Gasteiger partial charge in [0.05, 0.1) is 12.7 Å². The van der Waals surface area contributed by atoms with E-state index in [0.29, 0.717) is 6.54 Å². The summed E-state index contributed by atoms with van der Waals surface area (Å²) in [5.74, 6) is 0. The molecule has 0 aromatic rings. The Kier molecular flexibility index (Phi) is 7.85. The van der Waals surface area contributed by atoms with Crippen LogP contribution in [0.15, 0.2) is 0 Å². The lowest BCUT2D eigenvalue weighted by atomic mass is 10.0. The quantitative estimate of drug-likeness (QED) is 0.252. The van der Waals surface area contributed by atoms with Crippen LogP contribution in [-0.2, 0) is 0 Å². The van der Waals surface area contributed by atoms with Gasteiger partial charge < -0.3 is 30.8 Å². The molecule has 0 aliphatic heterocycles. The average molecular weight is 223 g/mol. The zero-order chi connectivity index (χ0) is 11.8. The number of aliphatic hydroxyl groups is 5. The maximum atomic E-state index is 9.39. The van der Waals surface area contributed by atoms with Gasteiger partial charge in [0.25, 0.3) is 0 Å². The minimum absolute atomic E-state index is 0.129. The molecule has 0 saturated carbocycles. The summed E-state index contributed by atoms with van der Waals surface area (Å²) >= 11 is 0. The van der Waals surface area contributed by atoms with E-state index in [2.05, 4.69) is 5.32 Å². The Morgan fingerprint density at radius 3 is 2.00 bits per heavy atom. The van der Waals surface area contributed by atoms with Crippen molar-refractivity contribution in [3.8, 4) is 0 Å². The Balaban J connectivity index is 3.90. The predicted molar refractivity (Wildman–Crippen MR) is 54.3 cm³/mol. The van der Waals surface area contributed by atoms with Crippen molar-refractivity contribution in [1.29, 1.82) is 0 Å². The summed E-state index contributed by atoms with van der Waals surface area (Å²) < 4.78 is 0. The number of rotatable bonds is 8. The van der Waals surface area contributed by atoms with Gasteiger partial charge in [0, 0.05) is 6.54 Å². The zero-order valence-corrected chi connectivity index (χ0v) is 8.87. The Bertz CT molecular complexity index is 157. The van der Waals surface area contributed by atoms with E-state index in [0.717, 1.165) is 6.42 Å². The Hall–Kier alpha value is -0.240. The van der Waals surface area contributed by atoms with Crippen LogP contribution in [0.4, 0.5) is 0 Å². The van der Waals surface area contributed by atoms with E-state index in [-0.39, 0.29) is 6.54 Å². The summed E-state index contributed by atoms with van der Waals surface area (Å²) in [5.41, 5.74) is 0. The lowest BCUT2D eigenvalue weighted by Gasteiger charge is -2.25. The molecule has 0 amide bonds. The van der Waals surface area contributed by atoms with E-state index in [9.17, 15) is 15.3 Å². The fraction of sp³-hybridized carbons (Fsp3) is 1.00. The van der Waals surface area contributed by atoms with E-state index < -0.39 is 31.0 Å². The second-order valence-electron chi connectivity index (χ2n) is 3.50. The number of hydrogen-bond acceptors (Lipinski definition) is 6. The normalized spacial score (nSPS) is 19.6. The van der Waals surface area contributed by atoms with Gasteiger partial charge in [-0.15, -0.1) is 0 Å². The highest BCUT2D eigenvalue weighted by Crippen LogP contribution is 2.04. The molecule has 4 atom stereocenters. The third-order valence-electron chi connectivity index (χ3n) is 2.11. The van der Waals surface area contributed by atoms with E-state index in [4.69, 9.17) is 10.2 Å². The van der Waals surface area contributed by atoms with Crippen LogP contribution >= 0.6 is 0 Å². The highest BCUT2D eigenvalue weighted by atomic mass is 16.4. The molecular formula is C9H21NO5. The average Bonchev–Trinajstić information content (AvgIpc) is 2.26. The van der Waals surface area contributed by atoms with Crippen LogP contribution in [0.25, 0.3) is 0 Å². The van der Waals surface area contributed by atoms with Crippen LogP contribution < -0.4 is 5.32 Å². The van der Waals surface area contributed by atoms with Gasteiger partial charge in [0.2, 0.25) is 0 Å². The minimum Gasteiger partial charge on any atom is -0.394 e. The molecule has 6 N–H and O–H groups in total. The monoisotopic (exact) mass is 223 g/mol. The summed E-state index contributed by atoms with van der Waals surface area (Å²) in [6.07, 6.45) is -4.75. The molecule has 0 heterocycles. The summed E-state index contributed by atoms with van der Waals surface area (Å²) in [6.45, 7) is 2.13. The van der Waals surface area contributed by atoms with Crippen LogP contribution in [0, 0.1) is 0 Å². The fourth-order valence-electron chi connectivity index (χ4n) is 1.11. The largest absolute Gasteiger partial charge is 0.394 e. The van der Waals surface area contributed by atoms with Crippen LogP contribution in [-0.4, -0.2) is 69.6 Å². The van der Waals surface area contributed by atoms with Crippen molar-refractivity contribution in [3.63, 3.8) is 0 Å². The first-order chi connectivity index (χ1) is 7.04. The highest BCUT2D eigenvalue weighted by Gasteiger charge is 2.29. The molecule has 0 aromatic carbocycles. The van der Waals surface area contributed by atoms with Crippen LogP contribution in [0.1, 0.15) is 13.3 Å². The number of hydrogen-bond donors (Lipinski definition) is 6. The molecule has 0 bridgehead atoms. The molecule has 6 heteroatoms. The van der Waals surface area contributed by atoms with E-state index in [1.165, 1.54) is 0 Å². The molecule has 0 fully saturated rings. The Morgan fingerprint density at radius 1 is 1.00 bits per heavy atom. The topological polar surface area (TPSA) is 113 Å². The van der Waals surface area contributed by atoms with Crippen molar-refractivity contribution >= 4 is 0 Å². The first-order valence-corrected chi connectivity index (χ1v) is 5.08. The summed E-state index contributed by atoms with van der Waals surface area (Å²) in [7, 11) is 0. The molecule has 0 unspecified atom stereocenters. The summed E-state index contributed by atoms with van der Waals surface area (Å²) in [5, 5.41) is 48.5. The fourth-order valence-corrected chi connectivity index (χ4v) is 1.11. The first kappa shape index (κ1) is 14.8. The molecule has 0 spiro atoms. The smallest absolute Gasteiger partial charge is 0.111 e. The van der Waals surface area contributed by atoms with Gasteiger partial charge in [0.15, 0.2) is 0 Å². The molecule has 6 nitrogen and oxygen atoms in total. The maximum Gasteiger partial charge on any atom is 0.111 e. The van der Waals surface area contributed by atoms with Crippen LogP contribution in [0.3, 0.4) is 0 Å². The molecule has 0 aromatic heterocycles. The van der Waals surface area contributed by atoms with Crippen molar-refractivity contribution in [1.82, 2.24) is 5.32 Å². The first-order valence-electron chi connectivity index (χ1n) is 5.08. The van der Waals surface area contributed by atoms with Gasteiger partial charge in [0.1, 0.15) is 18.3 Å². The zero-order valence-electron chi connectivity index (χ0n) is 8.87. The second-order valence-corrected chi connectivity index (χ2v) is 3.50. The Morgan fingerprint density at radius 2 is 1.53 bits per heavy atom.